The fourth-order valence-corrected chi connectivity index (χ4v) is 3.97. The van der Waals surface area contributed by atoms with Crippen LogP contribution in [0.5, 0.6) is 0 Å². The second kappa shape index (κ2) is 5.77. The number of fused-ring (bicyclic) bond motifs is 2. The molecule has 22 heavy (non-hydrogen) atoms. The Morgan fingerprint density at radius 3 is 2.64 bits per heavy atom. The molecule has 0 bridgehead atoms. The molecule has 2 aromatic carbocycles. The van der Waals surface area contributed by atoms with Gasteiger partial charge in [-0.05, 0) is 47.9 Å². The smallest absolute Gasteiger partial charge is 0.271 e. The van der Waals surface area contributed by atoms with Gasteiger partial charge in [0.1, 0.15) is 0 Å². The normalized spacial score (nSPS) is 17.6. The van der Waals surface area contributed by atoms with E-state index in [0.717, 1.165) is 27.5 Å². The van der Waals surface area contributed by atoms with Gasteiger partial charge in [0, 0.05) is 14.8 Å². The second-order valence-corrected chi connectivity index (χ2v) is 6.48. The van der Waals surface area contributed by atoms with E-state index in [2.05, 4.69) is 5.43 Å². The first kappa shape index (κ1) is 15.7. The van der Waals surface area contributed by atoms with E-state index in [0.29, 0.717) is 17.0 Å². The number of rotatable bonds is 1. The topological polar surface area (TPSA) is 38.0 Å². The Hall–Kier alpha value is -1.21. The summed E-state index contributed by atoms with van der Waals surface area (Å²) in [4.78, 5) is 1.68. The van der Waals surface area contributed by atoms with Gasteiger partial charge < -0.3 is 0 Å². The van der Waals surface area contributed by atoms with Gasteiger partial charge in [0.05, 0.1) is 11.6 Å². The first-order valence-corrected chi connectivity index (χ1v) is 7.72. The Morgan fingerprint density at radius 2 is 1.95 bits per heavy atom. The van der Waals surface area contributed by atoms with Gasteiger partial charge in [-0.15, -0.1) is 0 Å². The Bertz CT molecular complexity index is 718. The Balaban J connectivity index is 2.13. The number of alkyl halides is 3. The lowest BCUT2D eigenvalue weighted by Crippen LogP contribution is -2.30. The van der Waals surface area contributed by atoms with E-state index >= 15 is 0 Å². The highest BCUT2D eigenvalue weighted by Crippen LogP contribution is 2.44. The van der Waals surface area contributed by atoms with Gasteiger partial charge >= 0.3 is 6.18 Å². The molecule has 2 nitrogen and oxygen atoms in total. The molecule has 3 N–H and O–H groups in total. The molecule has 0 radical (unpaired) electrons. The lowest BCUT2D eigenvalue weighted by atomic mass is 9.97. The quantitative estimate of drug-likeness (QED) is 0.588. The number of hydrazine groups is 1. The minimum atomic E-state index is -4.38. The minimum absolute atomic E-state index is 0.425. The SMILES string of the molecule is NNC1Cc2c(Cl)cccc2Sc2ccc(C(F)(F)F)cc21. The number of halogens is 4. The van der Waals surface area contributed by atoms with Gasteiger partial charge in [0.2, 0.25) is 0 Å². The van der Waals surface area contributed by atoms with Gasteiger partial charge in [-0.25, -0.2) is 0 Å². The molecule has 3 rings (SSSR count). The monoisotopic (exact) mass is 344 g/mol. The van der Waals surface area contributed by atoms with Crippen LogP contribution in [-0.4, -0.2) is 0 Å². The molecule has 0 saturated carbocycles. The van der Waals surface area contributed by atoms with E-state index in [-0.39, 0.29) is 0 Å². The summed E-state index contributed by atoms with van der Waals surface area (Å²) in [5, 5.41) is 0.592. The summed E-state index contributed by atoms with van der Waals surface area (Å²) in [6.07, 6.45) is -3.94. The number of hydrogen-bond donors (Lipinski definition) is 2. The first-order valence-electron chi connectivity index (χ1n) is 6.52. The van der Waals surface area contributed by atoms with Crippen LogP contribution in [0.25, 0.3) is 0 Å². The zero-order valence-corrected chi connectivity index (χ0v) is 12.8. The van der Waals surface area contributed by atoms with E-state index in [9.17, 15) is 13.2 Å². The van der Waals surface area contributed by atoms with Gasteiger partial charge in [-0.2, -0.15) is 13.2 Å². The molecular formula is C15H12ClF3N2S. The highest BCUT2D eigenvalue weighted by molar-refractivity contribution is 7.99. The summed E-state index contributed by atoms with van der Waals surface area (Å²) < 4.78 is 38.8. The number of hydrogen-bond acceptors (Lipinski definition) is 3. The van der Waals surface area contributed by atoms with Crippen molar-refractivity contribution in [3.05, 3.63) is 58.1 Å². The highest BCUT2D eigenvalue weighted by Gasteiger charge is 2.33. The van der Waals surface area contributed by atoms with Crippen LogP contribution >= 0.6 is 23.4 Å². The van der Waals surface area contributed by atoms with E-state index < -0.39 is 17.8 Å². The molecule has 0 aliphatic carbocycles. The summed E-state index contributed by atoms with van der Waals surface area (Å²) in [7, 11) is 0. The maximum atomic E-state index is 12.9. The van der Waals surface area contributed by atoms with Crippen molar-refractivity contribution in [1.29, 1.82) is 0 Å². The molecule has 0 saturated heterocycles. The van der Waals surface area contributed by atoms with E-state index in [1.165, 1.54) is 17.8 Å². The van der Waals surface area contributed by atoms with Gasteiger partial charge in [-0.3, -0.25) is 11.3 Å². The zero-order valence-electron chi connectivity index (χ0n) is 11.2. The predicted octanol–water partition coefficient (Wildman–Crippen LogP) is 4.57. The van der Waals surface area contributed by atoms with Crippen LogP contribution in [0.4, 0.5) is 13.2 Å². The summed E-state index contributed by atoms with van der Waals surface area (Å²) in [5.41, 5.74) is 3.36. The number of benzene rings is 2. The average Bonchev–Trinajstić information content (AvgIpc) is 2.62. The third-order valence-electron chi connectivity index (χ3n) is 3.62. The average molecular weight is 345 g/mol. The van der Waals surface area contributed by atoms with Crippen molar-refractivity contribution in [2.24, 2.45) is 5.84 Å². The molecule has 0 amide bonds. The van der Waals surface area contributed by atoms with Crippen LogP contribution in [-0.2, 0) is 12.6 Å². The highest BCUT2D eigenvalue weighted by atomic mass is 35.5. The molecule has 7 heteroatoms. The van der Waals surface area contributed by atoms with Gasteiger partial charge in [-0.1, -0.05) is 29.4 Å². The van der Waals surface area contributed by atoms with Crippen LogP contribution < -0.4 is 11.3 Å². The van der Waals surface area contributed by atoms with Gasteiger partial charge in [0.15, 0.2) is 0 Å². The van der Waals surface area contributed by atoms with Crippen molar-refractivity contribution in [1.82, 2.24) is 5.43 Å². The molecule has 1 aliphatic rings. The standard InChI is InChI=1S/C15H12ClF3N2S/c16-11-2-1-3-13-9(11)7-12(21-20)10-6-8(15(17,18)19)4-5-14(10)22-13/h1-6,12,21H,7,20H2. The van der Waals surface area contributed by atoms with Crippen LogP contribution in [0.15, 0.2) is 46.2 Å². The molecular weight excluding hydrogens is 333 g/mol. The molecule has 1 heterocycles. The molecule has 0 spiro atoms. The molecule has 0 fully saturated rings. The molecule has 1 aliphatic heterocycles. The van der Waals surface area contributed by atoms with Crippen LogP contribution in [0.2, 0.25) is 5.02 Å². The third kappa shape index (κ3) is 2.84. The Morgan fingerprint density at radius 1 is 1.18 bits per heavy atom. The molecule has 2 aromatic rings. The molecule has 116 valence electrons. The molecule has 1 unspecified atom stereocenters. The second-order valence-electron chi connectivity index (χ2n) is 4.99. The number of nitrogens with one attached hydrogen (secondary N) is 1. The lowest BCUT2D eigenvalue weighted by molar-refractivity contribution is -0.137. The van der Waals surface area contributed by atoms with E-state index in [4.69, 9.17) is 17.4 Å². The van der Waals surface area contributed by atoms with Crippen molar-refractivity contribution in [3.63, 3.8) is 0 Å². The zero-order chi connectivity index (χ0) is 15.9. The maximum absolute atomic E-state index is 12.9. The minimum Gasteiger partial charge on any atom is -0.271 e. The van der Waals surface area contributed by atoms with Crippen molar-refractivity contribution in [2.45, 2.75) is 28.4 Å². The summed E-state index contributed by atoms with van der Waals surface area (Å²) in [6.45, 7) is 0. The summed E-state index contributed by atoms with van der Waals surface area (Å²) in [5.74, 6) is 5.57. The van der Waals surface area contributed by atoms with E-state index in [1.807, 2.05) is 12.1 Å². The van der Waals surface area contributed by atoms with Crippen molar-refractivity contribution in [2.75, 3.05) is 0 Å². The third-order valence-corrected chi connectivity index (χ3v) is 5.17. The van der Waals surface area contributed by atoms with E-state index in [1.54, 1.807) is 6.07 Å². The lowest BCUT2D eigenvalue weighted by Gasteiger charge is -2.18. The Kier molecular flexibility index (Phi) is 4.11. The fraction of sp³-hybridized carbons (Fsp3) is 0.200. The summed E-state index contributed by atoms with van der Waals surface area (Å²) in [6, 6.07) is 8.82. The van der Waals surface area contributed by atoms with Gasteiger partial charge in [0.25, 0.3) is 0 Å². The van der Waals surface area contributed by atoms with Crippen LogP contribution in [0.3, 0.4) is 0 Å². The number of nitrogens with two attached hydrogens (primary N) is 1. The van der Waals surface area contributed by atoms with Crippen molar-refractivity contribution in [3.8, 4) is 0 Å². The maximum Gasteiger partial charge on any atom is 0.416 e. The first-order chi connectivity index (χ1) is 10.4. The largest absolute Gasteiger partial charge is 0.416 e. The van der Waals surface area contributed by atoms with Crippen LogP contribution in [0.1, 0.15) is 22.7 Å². The molecule has 0 aromatic heterocycles. The van der Waals surface area contributed by atoms with Crippen LogP contribution in [0, 0.1) is 0 Å². The molecule has 1 atom stereocenters. The fourth-order valence-electron chi connectivity index (χ4n) is 2.50. The predicted molar refractivity (Wildman–Crippen MR) is 80.8 cm³/mol. The Labute approximate surface area is 134 Å². The van der Waals surface area contributed by atoms with Crippen molar-refractivity contribution < 1.29 is 13.2 Å². The van der Waals surface area contributed by atoms with Crippen molar-refractivity contribution >= 4 is 23.4 Å². The summed E-state index contributed by atoms with van der Waals surface area (Å²) >= 11 is 7.63.